The molecule has 1 aromatic carbocycles. The maximum absolute atomic E-state index is 13.4. The van der Waals surface area contributed by atoms with Crippen LogP contribution in [0.5, 0.6) is 0 Å². The summed E-state index contributed by atoms with van der Waals surface area (Å²) in [6.45, 7) is 4.81. The molecule has 6 nitrogen and oxygen atoms in total. The van der Waals surface area contributed by atoms with Crippen LogP contribution in [0.15, 0.2) is 24.3 Å². The van der Waals surface area contributed by atoms with Crippen LogP contribution in [0.1, 0.15) is 52.9 Å². The number of fused-ring (bicyclic) bond motifs is 1. The Kier molecular flexibility index (Phi) is 6.86. The number of alkyl halides is 3. The Morgan fingerprint density at radius 1 is 1.03 bits per heavy atom. The number of anilines is 2. The number of ketones is 1. The number of benzene rings is 1. The van der Waals surface area contributed by atoms with Crippen LogP contribution in [-0.2, 0) is 14.4 Å². The minimum absolute atomic E-state index is 0.0428. The lowest BCUT2D eigenvalue weighted by atomic mass is 9.90. The first-order valence-electron chi connectivity index (χ1n) is 11.0. The Bertz CT molecular complexity index is 873. The molecule has 1 fully saturated rings. The van der Waals surface area contributed by atoms with E-state index in [-0.39, 0.29) is 24.9 Å². The zero-order valence-corrected chi connectivity index (χ0v) is 18.7. The molecule has 0 saturated heterocycles. The molecule has 0 aromatic heterocycles. The molecule has 1 aliphatic carbocycles. The molecule has 1 N–H and O–H groups in total. The van der Waals surface area contributed by atoms with Crippen molar-refractivity contribution in [3.63, 3.8) is 0 Å². The van der Waals surface area contributed by atoms with Crippen molar-refractivity contribution in [2.75, 3.05) is 22.9 Å². The number of carbonyl (C=O) groups excluding carboxylic acids is 3. The number of amides is 2. The summed E-state index contributed by atoms with van der Waals surface area (Å²) in [6, 6.07) is 5.67. The predicted molar refractivity (Wildman–Crippen MR) is 115 cm³/mol. The highest BCUT2D eigenvalue weighted by Crippen LogP contribution is 2.37. The number of carbonyl (C=O) groups is 3. The van der Waals surface area contributed by atoms with E-state index in [1.54, 1.807) is 39.0 Å². The summed E-state index contributed by atoms with van der Waals surface area (Å²) in [7, 11) is 0. The quantitative estimate of drug-likeness (QED) is 0.752. The fraction of sp³-hybridized carbons (Fsp3) is 0.609. The molecule has 3 rings (SSSR count). The van der Waals surface area contributed by atoms with Gasteiger partial charge in [0.15, 0.2) is 5.78 Å². The van der Waals surface area contributed by atoms with Crippen LogP contribution in [0.4, 0.5) is 24.5 Å². The van der Waals surface area contributed by atoms with Gasteiger partial charge in [-0.3, -0.25) is 14.4 Å². The second-order valence-corrected chi connectivity index (χ2v) is 9.55. The summed E-state index contributed by atoms with van der Waals surface area (Å²) >= 11 is 0. The van der Waals surface area contributed by atoms with Gasteiger partial charge in [-0.05, 0) is 25.0 Å². The normalized spacial score (nSPS) is 20.6. The molecule has 176 valence electrons. The highest BCUT2D eigenvalue weighted by Gasteiger charge is 2.44. The number of halogens is 3. The van der Waals surface area contributed by atoms with E-state index in [9.17, 15) is 27.6 Å². The second-order valence-electron chi connectivity index (χ2n) is 9.55. The molecule has 0 bridgehead atoms. The maximum Gasteiger partial charge on any atom is 0.471 e. The van der Waals surface area contributed by atoms with Gasteiger partial charge in [0.05, 0.1) is 17.9 Å². The average Bonchev–Trinajstić information content (AvgIpc) is 2.83. The minimum Gasteiger partial charge on any atom is -0.364 e. The standard InChI is InChI=1S/C23H30F3N3O3/c1-22(2,3)19(30)14-29-18-12-8-7-11-17(18)28(15-9-5-4-6-10-15)13-16(20(29)31)27-21(32)23(24,25)26/h7-8,11-12,15-16H,4-6,9-10,13-14H2,1-3H3,(H,27,32). The van der Waals surface area contributed by atoms with Crippen LogP contribution >= 0.6 is 0 Å². The van der Waals surface area contributed by atoms with Gasteiger partial charge in [-0.2, -0.15) is 13.2 Å². The van der Waals surface area contributed by atoms with Crippen molar-refractivity contribution in [1.82, 2.24) is 5.32 Å². The molecule has 1 saturated carbocycles. The van der Waals surface area contributed by atoms with E-state index >= 15 is 0 Å². The van der Waals surface area contributed by atoms with E-state index in [4.69, 9.17) is 0 Å². The number of rotatable bonds is 4. The van der Waals surface area contributed by atoms with Gasteiger partial charge < -0.3 is 15.1 Å². The van der Waals surface area contributed by atoms with Gasteiger partial charge in [0, 0.05) is 18.0 Å². The molecule has 9 heteroatoms. The SMILES string of the molecule is CC(C)(C)C(=O)CN1C(=O)C(NC(=O)C(F)(F)F)CN(C2CCCCC2)c2ccccc21. The number of Topliss-reactive ketones (excluding diaryl/α,β-unsaturated/α-hetero) is 1. The number of hydrogen-bond acceptors (Lipinski definition) is 4. The van der Waals surface area contributed by atoms with Crippen LogP contribution in [0, 0.1) is 5.41 Å². The summed E-state index contributed by atoms with van der Waals surface area (Å²) in [6.07, 6.45) is -0.342. The van der Waals surface area contributed by atoms with Crippen LogP contribution in [-0.4, -0.2) is 48.9 Å². The molecule has 2 aliphatic rings. The predicted octanol–water partition coefficient (Wildman–Crippen LogP) is 3.83. The molecule has 1 atom stereocenters. The summed E-state index contributed by atoms with van der Waals surface area (Å²) < 4.78 is 39.0. The van der Waals surface area contributed by atoms with E-state index < -0.39 is 29.4 Å². The Morgan fingerprint density at radius 3 is 2.19 bits per heavy atom. The van der Waals surface area contributed by atoms with E-state index in [1.807, 2.05) is 16.3 Å². The van der Waals surface area contributed by atoms with Crippen molar-refractivity contribution in [2.24, 2.45) is 5.41 Å². The molecule has 2 amide bonds. The summed E-state index contributed by atoms with van der Waals surface area (Å²) in [5.41, 5.74) is 0.428. The molecule has 32 heavy (non-hydrogen) atoms. The van der Waals surface area contributed by atoms with Gasteiger partial charge >= 0.3 is 12.1 Å². The molecule has 1 unspecified atom stereocenters. The van der Waals surface area contributed by atoms with Crippen molar-refractivity contribution in [2.45, 2.75) is 71.1 Å². The number of nitrogens with zero attached hydrogens (tertiary/aromatic N) is 2. The highest BCUT2D eigenvalue weighted by atomic mass is 19.4. The van der Waals surface area contributed by atoms with E-state index in [1.165, 1.54) is 4.90 Å². The van der Waals surface area contributed by atoms with Crippen molar-refractivity contribution in [1.29, 1.82) is 0 Å². The fourth-order valence-corrected chi connectivity index (χ4v) is 4.25. The van der Waals surface area contributed by atoms with Gasteiger partial charge in [0.2, 0.25) is 0 Å². The monoisotopic (exact) mass is 453 g/mol. The first-order valence-corrected chi connectivity index (χ1v) is 11.0. The molecule has 1 heterocycles. The third-order valence-electron chi connectivity index (χ3n) is 6.14. The first-order chi connectivity index (χ1) is 14.9. The molecule has 0 spiro atoms. The smallest absolute Gasteiger partial charge is 0.364 e. The topological polar surface area (TPSA) is 69.7 Å². The Balaban J connectivity index is 2.05. The Morgan fingerprint density at radius 2 is 1.62 bits per heavy atom. The number of hydrogen-bond donors (Lipinski definition) is 1. The summed E-state index contributed by atoms with van der Waals surface area (Å²) in [5.74, 6) is -3.11. The second kappa shape index (κ2) is 9.11. The lowest BCUT2D eigenvalue weighted by Gasteiger charge is -2.37. The largest absolute Gasteiger partial charge is 0.471 e. The van der Waals surface area contributed by atoms with Crippen molar-refractivity contribution >= 4 is 29.0 Å². The Labute approximate surface area is 186 Å². The van der Waals surface area contributed by atoms with Gasteiger partial charge in [-0.1, -0.05) is 52.2 Å². The van der Waals surface area contributed by atoms with E-state index in [0.29, 0.717) is 11.4 Å². The minimum atomic E-state index is -5.11. The fourth-order valence-electron chi connectivity index (χ4n) is 4.25. The van der Waals surface area contributed by atoms with Crippen molar-refractivity contribution < 1.29 is 27.6 Å². The summed E-state index contributed by atoms with van der Waals surface area (Å²) in [5, 5.41) is 1.89. The molecular weight excluding hydrogens is 423 g/mol. The molecule has 0 radical (unpaired) electrons. The molecule has 1 aliphatic heterocycles. The van der Waals surface area contributed by atoms with E-state index in [0.717, 1.165) is 32.1 Å². The maximum atomic E-state index is 13.4. The lowest BCUT2D eigenvalue weighted by molar-refractivity contribution is -0.174. The van der Waals surface area contributed by atoms with Crippen LogP contribution < -0.4 is 15.1 Å². The van der Waals surface area contributed by atoms with Crippen molar-refractivity contribution in [3.8, 4) is 0 Å². The van der Waals surface area contributed by atoms with Crippen LogP contribution in [0.3, 0.4) is 0 Å². The van der Waals surface area contributed by atoms with Crippen LogP contribution in [0.2, 0.25) is 0 Å². The number of nitrogens with one attached hydrogen (secondary N) is 1. The van der Waals surface area contributed by atoms with Gasteiger partial charge in [-0.25, -0.2) is 0 Å². The first kappa shape index (κ1) is 24.1. The van der Waals surface area contributed by atoms with Gasteiger partial charge in [0.25, 0.3) is 5.91 Å². The zero-order valence-electron chi connectivity index (χ0n) is 18.7. The third-order valence-corrected chi connectivity index (χ3v) is 6.14. The van der Waals surface area contributed by atoms with E-state index in [2.05, 4.69) is 0 Å². The third kappa shape index (κ3) is 5.24. The Hall–Kier alpha value is -2.58. The molecule has 1 aromatic rings. The molecular formula is C23H30F3N3O3. The average molecular weight is 454 g/mol. The highest BCUT2D eigenvalue weighted by molar-refractivity contribution is 6.07. The lowest BCUT2D eigenvalue weighted by Crippen LogP contribution is -2.56. The zero-order chi connectivity index (χ0) is 23.7. The van der Waals surface area contributed by atoms with Crippen molar-refractivity contribution in [3.05, 3.63) is 24.3 Å². The van der Waals surface area contributed by atoms with Gasteiger partial charge in [-0.15, -0.1) is 0 Å². The van der Waals surface area contributed by atoms with Crippen LogP contribution in [0.25, 0.3) is 0 Å². The van der Waals surface area contributed by atoms with Gasteiger partial charge in [0.1, 0.15) is 6.04 Å². The number of para-hydroxylation sites is 2. The summed E-state index contributed by atoms with van der Waals surface area (Å²) in [4.78, 5) is 41.1.